The van der Waals surface area contributed by atoms with Crippen molar-refractivity contribution in [2.75, 3.05) is 6.61 Å². The van der Waals surface area contributed by atoms with Crippen molar-refractivity contribution in [3.8, 4) is 0 Å². The number of halogens is 2. The van der Waals surface area contributed by atoms with E-state index in [1.54, 1.807) is 6.92 Å². The summed E-state index contributed by atoms with van der Waals surface area (Å²) in [4.78, 5) is 0. The molecule has 1 rings (SSSR count). The van der Waals surface area contributed by atoms with Crippen LogP contribution in [0.1, 0.15) is 18.4 Å². The summed E-state index contributed by atoms with van der Waals surface area (Å²) < 4.78 is 12.7. The van der Waals surface area contributed by atoms with Crippen LogP contribution in [0, 0.1) is 5.82 Å². The Morgan fingerprint density at radius 3 is 2.83 bits per heavy atom. The summed E-state index contributed by atoms with van der Waals surface area (Å²) in [5.74, 6) is -0.442. The fourth-order valence-electron chi connectivity index (χ4n) is 0.991. The fraction of sp³-hybridized carbons (Fsp3) is 0.333. The van der Waals surface area contributed by atoms with Crippen molar-refractivity contribution in [2.45, 2.75) is 12.8 Å². The van der Waals surface area contributed by atoms with Crippen LogP contribution in [0.5, 0.6) is 0 Å². The Balaban J connectivity index is 3.04. The molecule has 0 saturated carbocycles. The lowest BCUT2D eigenvalue weighted by atomic mass is 10.0. The second-order valence-electron chi connectivity index (χ2n) is 2.75. The molecule has 0 bridgehead atoms. The Kier molecular flexibility index (Phi) is 3.06. The van der Waals surface area contributed by atoms with Gasteiger partial charge in [-0.1, -0.05) is 18.5 Å². The van der Waals surface area contributed by atoms with E-state index in [4.69, 9.17) is 16.7 Å². The smallest absolute Gasteiger partial charge is 0.123 e. The summed E-state index contributed by atoms with van der Waals surface area (Å²) in [6.07, 6.45) is 0. The van der Waals surface area contributed by atoms with Crippen LogP contribution in [-0.2, 0) is 0 Å². The molecule has 0 fully saturated rings. The predicted molar refractivity (Wildman–Crippen MR) is 46.9 cm³/mol. The Morgan fingerprint density at radius 2 is 2.25 bits per heavy atom. The number of hydrogen-bond acceptors (Lipinski definition) is 1. The zero-order chi connectivity index (χ0) is 9.14. The lowest BCUT2D eigenvalue weighted by Gasteiger charge is -2.09. The van der Waals surface area contributed by atoms with E-state index in [9.17, 15) is 4.39 Å². The van der Waals surface area contributed by atoms with E-state index in [1.165, 1.54) is 18.2 Å². The molecule has 0 aromatic heterocycles. The highest BCUT2D eigenvalue weighted by molar-refractivity contribution is 6.31. The van der Waals surface area contributed by atoms with Gasteiger partial charge in [0, 0.05) is 17.5 Å². The third kappa shape index (κ3) is 1.96. The van der Waals surface area contributed by atoms with Crippen LogP contribution in [-0.4, -0.2) is 11.7 Å². The number of benzene rings is 1. The van der Waals surface area contributed by atoms with Crippen molar-refractivity contribution in [2.24, 2.45) is 0 Å². The van der Waals surface area contributed by atoms with Gasteiger partial charge >= 0.3 is 0 Å². The quantitative estimate of drug-likeness (QED) is 0.757. The molecule has 1 N–H and O–H groups in total. The minimum absolute atomic E-state index is 0.0246. The fourth-order valence-corrected chi connectivity index (χ4v) is 1.29. The van der Waals surface area contributed by atoms with E-state index in [-0.39, 0.29) is 18.3 Å². The molecular weight excluding hydrogens is 179 g/mol. The van der Waals surface area contributed by atoms with Crippen LogP contribution in [0.4, 0.5) is 4.39 Å². The van der Waals surface area contributed by atoms with Gasteiger partial charge in [-0.15, -0.1) is 0 Å². The van der Waals surface area contributed by atoms with E-state index in [0.717, 1.165) is 0 Å². The second-order valence-corrected chi connectivity index (χ2v) is 3.16. The average molecular weight is 189 g/mol. The van der Waals surface area contributed by atoms with Gasteiger partial charge in [0.25, 0.3) is 0 Å². The van der Waals surface area contributed by atoms with Crippen molar-refractivity contribution in [1.82, 2.24) is 0 Å². The molecule has 0 aliphatic carbocycles. The van der Waals surface area contributed by atoms with Gasteiger partial charge in [0.1, 0.15) is 5.82 Å². The Morgan fingerprint density at radius 1 is 1.58 bits per heavy atom. The molecule has 1 aromatic carbocycles. The number of rotatable bonds is 2. The molecule has 1 aromatic rings. The summed E-state index contributed by atoms with van der Waals surface area (Å²) in [5.41, 5.74) is 0.652. The summed E-state index contributed by atoms with van der Waals surface area (Å²) in [6, 6.07) is 4.15. The lowest BCUT2D eigenvalue weighted by molar-refractivity contribution is 0.273. The maximum atomic E-state index is 12.7. The van der Waals surface area contributed by atoms with Gasteiger partial charge in [0.05, 0.1) is 0 Å². The van der Waals surface area contributed by atoms with E-state index in [0.29, 0.717) is 10.6 Å². The van der Waals surface area contributed by atoms with Gasteiger partial charge in [-0.05, 0) is 23.8 Å². The molecule has 0 aliphatic heterocycles. The maximum absolute atomic E-state index is 12.7. The first-order chi connectivity index (χ1) is 5.65. The maximum Gasteiger partial charge on any atom is 0.123 e. The first-order valence-corrected chi connectivity index (χ1v) is 4.08. The monoisotopic (exact) mass is 188 g/mol. The highest BCUT2D eigenvalue weighted by Gasteiger charge is 2.08. The molecular formula is C9H10ClFO. The van der Waals surface area contributed by atoms with E-state index < -0.39 is 0 Å². The van der Waals surface area contributed by atoms with Crippen molar-refractivity contribution in [3.05, 3.63) is 34.6 Å². The van der Waals surface area contributed by atoms with Gasteiger partial charge in [0.2, 0.25) is 0 Å². The summed E-state index contributed by atoms with van der Waals surface area (Å²) in [5, 5.41) is 9.32. The molecule has 1 unspecified atom stereocenters. The topological polar surface area (TPSA) is 20.2 Å². The third-order valence-corrected chi connectivity index (χ3v) is 2.11. The molecule has 1 atom stereocenters. The van der Waals surface area contributed by atoms with Crippen molar-refractivity contribution in [1.29, 1.82) is 0 Å². The second kappa shape index (κ2) is 3.87. The van der Waals surface area contributed by atoms with E-state index >= 15 is 0 Å². The third-order valence-electron chi connectivity index (χ3n) is 1.76. The Bertz CT molecular complexity index is 275. The normalized spacial score (nSPS) is 13.0. The molecule has 3 heteroatoms. The van der Waals surface area contributed by atoms with Gasteiger partial charge in [-0.3, -0.25) is 0 Å². The van der Waals surface area contributed by atoms with Crippen LogP contribution < -0.4 is 0 Å². The average Bonchev–Trinajstić information content (AvgIpc) is 2.08. The Labute approximate surface area is 75.8 Å². The molecule has 1 nitrogen and oxygen atoms in total. The first kappa shape index (κ1) is 9.49. The summed E-state index contributed by atoms with van der Waals surface area (Å²) in [7, 11) is 0. The Hall–Kier alpha value is -0.600. The molecule has 0 radical (unpaired) electrons. The SMILES string of the molecule is CC(CO)c1cc(F)ccc1Cl. The number of aliphatic hydroxyl groups excluding tert-OH is 1. The number of hydrogen-bond donors (Lipinski definition) is 1. The lowest BCUT2D eigenvalue weighted by Crippen LogP contribution is -2.00. The molecule has 0 amide bonds. The molecule has 66 valence electrons. The zero-order valence-electron chi connectivity index (χ0n) is 6.72. The van der Waals surface area contributed by atoms with Crippen molar-refractivity contribution in [3.63, 3.8) is 0 Å². The molecule has 12 heavy (non-hydrogen) atoms. The minimum atomic E-state index is -0.324. The predicted octanol–water partition coefficient (Wildman–Crippen LogP) is 2.57. The first-order valence-electron chi connectivity index (χ1n) is 3.71. The highest BCUT2D eigenvalue weighted by Crippen LogP contribution is 2.24. The van der Waals surface area contributed by atoms with Gasteiger partial charge in [-0.25, -0.2) is 4.39 Å². The van der Waals surface area contributed by atoms with E-state index in [2.05, 4.69) is 0 Å². The van der Waals surface area contributed by atoms with Crippen LogP contribution in [0.2, 0.25) is 5.02 Å². The standard InChI is InChI=1S/C9H10ClFO/c1-6(5-12)8-4-7(11)2-3-9(8)10/h2-4,6,12H,5H2,1H3. The largest absolute Gasteiger partial charge is 0.396 e. The van der Waals surface area contributed by atoms with Gasteiger partial charge < -0.3 is 5.11 Å². The highest BCUT2D eigenvalue weighted by atomic mass is 35.5. The minimum Gasteiger partial charge on any atom is -0.396 e. The van der Waals surface area contributed by atoms with Crippen molar-refractivity contribution < 1.29 is 9.50 Å². The van der Waals surface area contributed by atoms with Crippen LogP contribution in [0.15, 0.2) is 18.2 Å². The van der Waals surface area contributed by atoms with Crippen LogP contribution in [0.3, 0.4) is 0 Å². The molecule has 0 spiro atoms. The van der Waals surface area contributed by atoms with Crippen LogP contribution >= 0.6 is 11.6 Å². The molecule has 0 saturated heterocycles. The number of aliphatic hydroxyl groups is 1. The van der Waals surface area contributed by atoms with E-state index in [1.807, 2.05) is 0 Å². The van der Waals surface area contributed by atoms with Crippen molar-refractivity contribution >= 4 is 11.6 Å². The van der Waals surface area contributed by atoms with Gasteiger partial charge in [0.15, 0.2) is 0 Å². The summed E-state index contributed by atoms with van der Waals surface area (Å²) >= 11 is 5.79. The zero-order valence-corrected chi connectivity index (χ0v) is 7.48. The van der Waals surface area contributed by atoms with Gasteiger partial charge in [-0.2, -0.15) is 0 Å². The molecule has 0 heterocycles. The summed E-state index contributed by atoms with van der Waals surface area (Å²) in [6.45, 7) is 1.77. The molecule has 0 aliphatic rings. The van der Waals surface area contributed by atoms with Crippen LogP contribution in [0.25, 0.3) is 0 Å².